The molecule has 0 unspecified atom stereocenters. The molecule has 31 heavy (non-hydrogen) atoms. The standard InChI is InChI=1S/C23H26N4O4/c1-29-18-14-16(15-19(30-2)22(18)31-3)21(28)20-23(26-12-8-5-9-13-26)25-27(24-20)17-10-6-4-7-11-17/h4,6-7,10-11,14-15H,5,8-9,12-13H2,1-3H3. The molecule has 1 fully saturated rings. The first-order valence-electron chi connectivity index (χ1n) is 10.3. The number of carbonyl (C=O) groups is 1. The number of benzene rings is 2. The molecule has 1 aromatic heterocycles. The number of anilines is 1. The lowest BCUT2D eigenvalue weighted by atomic mass is 10.1. The molecule has 1 aliphatic heterocycles. The number of ether oxygens (including phenoxy) is 3. The Labute approximate surface area is 181 Å². The Bertz CT molecular complexity index is 1030. The molecule has 0 spiro atoms. The lowest BCUT2D eigenvalue weighted by molar-refractivity contribution is 0.103. The fourth-order valence-corrected chi connectivity index (χ4v) is 3.79. The second-order valence-corrected chi connectivity index (χ2v) is 7.29. The molecular formula is C23H26N4O4. The number of nitrogens with zero attached hydrogens (tertiary/aromatic N) is 4. The zero-order valence-corrected chi connectivity index (χ0v) is 18.0. The number of ketones is 1. The van der Waals surface area contributed by atoms with E-state index in [1.54, 1.807) is 12.1 Å². The summed E-state index contributed by atoms with van der Waals surface area (Å²) < 4.78 is 16.2. The van der Waals surface area contributed by atoms with Gasteiger partial charge in [-0.3, -0.25) is 4.79 Å². The quantitative estimate of drug-likeness (QED) is 0.539. The average molecular weight is 422 g/mol. The summed E-state index contributed by atoms with van der Waals surface area (Å²) in [6.07, 6.45) is 3.31. The van der Waals surface area contributed by atoms with Gasteiger partial charge >= 0.3 is 0 Å². The van der Waals surface area contributed by atoms with Crippen molar-refractivity contribution in [2.45, 2.75) is 19.3 Å². The average Bonchev–Trinajstić information content (AvgIpc) is 3.29. The summed E-state index contributed by atoms with van der Waals surface area (Å²) in [6, 6.07) is 12.9. The highest BCUT2D eigenvalue weighted by Gasteiger charge is 2.27. The van der Waals surface area contributed by atoms with Crippen molar-refractivity contribution in [2.24, 2.45) is 0 Å². The highest BCUT2D eigenvalue weighted by Crippen LogP contribution is 2.39. The van der Waals surface area contributed by atoms with Crippen molar-refractivity contribution in [1.82, 2.24) is 15.0 Å². The maximum absolute atomic E-state index is 13.6. The highest BCUT2D eigenvalue weighted by molar-refractivity contribution is 6.11. The van der Waals surface area contributed by atoms with Gasteiger partial charge in [-0.15, -0.1) is 15.0 Å². The Morgan fingerprint density at radius 1 is 0.871 bits per heavy atom. The molecule has 1 saturated heterocycles. The summed E-state index contributed by atoms with van der Waals surface area (Å²) in [5.41, 5.74) is 1.50. The Balaban J connectivity index is 1.81. The second kappa shape index (κ2) is 9.07. The topological polar surface area (TPSA) is 78.7 Å². The van der Waals surface area contributed by atoms with Gasteiger partial charge in [-0.1, -0.05) is 18.2 Å². The molecule has 8 nitrogen and oxygen atoms in total. The number of piperidine rings is 1. The molecule has 4 rings (SSSR count). The largest absolute Gasteiger partial charge is 0.493 e. The third kappa shape index (κ3) is 4.05. The first kappa shape index (κ1) is 20.7. The van der Waals surface area contributed by atoms with Crippen LogP contribution in [-0.4, -0.2) is 55.2 Å². The van der Waals surface area contributed by atoms with Crippen molar-refractivity contribution < 1.29 is 19.0 Å². The minimum atomic E-state index is -0.248. The molecule has 0 saturated carbocycles. The van der Waals surface area contributed by atoms with Crippen molar-refractivity contribution in [3.8, 4) is 22.9 Å². The monoisotopic (exact) mass is 422 g/mol. The summed E-state index contributed by atoms with van der Waals surface area (Å²) >= 11 is 0. The van der Waals surface area contributed by atoms with Crippen LogP contribution in [0.25, 0.3) is 5.69 Å². The molecule has 2 heterocycles. The van der Waals surface area contributed by atoms with E-state index in [1.165, 1.54) is 32.5 Å². The smallest absolute Gasteiger partial charge is 0.217 e. The number of carbonyl (C=O) groups excluding carboxylic acids is 1. The van der Waals surface area contributed by atoms with Gasteiger partial charge in [0.2, 0.25) is 11.5 Å². The van der Waals surface area contributed by atoms with Gasteiger partial charge in [0.25, 0.3) is 0 Å². The molecule has 8 heteroatoms. The molecule has 0 N–H and O–H groups in total. The van der Waals surface area contributed by atoms with Crippen molar-refractivity contribution in [3.63, 3.8) is 0 Å². The van der Waals surface area contributed by atoms with E-state index in [0.29, 0.717) is 34.3 Å². The number of hydrogen-bond acceptors (Lipinski definition) is 7. The zero-order valence-electron chi connectivity index (χ0n) is 18.0. The molecule has 0 bridgehead atoms. The first-order valence-corrected chi connectivity index (χ1v) is 10.3. The van der Waals surface area contributed by atoms with Crippen LogP contribution in [-0.2, 0) is 0 Å². The van der Waals surface area contributed by atoms with Crippen LogP contribution >= 0.6 is 0 Å². The van der Waals surface area contributed by atoms with E-state index in [0.717, 1.165) is 31.6 Å². The van der Waals surface area contributed by atoms with E-state index in [2.05, 4.69) is 10.00 Å². The maximum atomic E-state index is 13.6. The molecule has 162 valence electrons. The number of methoxy groups -OCH3 is 3. The van der Waals surface area contributed by atoms with Crippen LogP contribution in [0.1, 0.15) is 35.3 Å². The molecule has 0 atom stereocenters. The lowest BCUT2D eigenvalue weighted by Gasteiger charge is -2.26. The van der Waals surface area contributed by atoms with Crippen LogP contribution in [0.3, 0.4) is 0 Å². The zero-order chi connectivity index (χ0) is 21.8. The van der Waals surface area contributed by atoms with Crippen molar-refractivity contribution in [2.75, 3.05) is 39.3 Å². The minimum absolute atomic E-state index is 0.248. The van der Waals surface area contributed by atoms with Crippen LogP contribution in [0.2, 0.25) is 0 Å². The minimum Gasteiger partial charge on any atom is -0.493 e. The molecule has 0 radical (unpaired) electrons. The number of hydrogen-bond donors (Lipinski definition) is 0. The Morgan fingerprint density at radius 2 is 1.52 bits per heavy atom. The van der Waals surface area contributed by atoms with Crippen LogP contribution in [0.15, 0.2) is 42.5 Å². The van der Waals surface area contributed by atoms with E-state index in [-0.39, 0.29) is 5.78 Å². The first-order chi connectivity index (χ1) is 15.2. The lowest BCUT2D eigenvalue weighted by Crippen LogP contribution is -2.31. The fraction of sp³-hybridized carbons (Fsp3) is 0.348. The summed E-state index contributed by atoms with van der Waals surface area (Å²) in [5.74, 6) is 1.62. The highest BCUT2D eigenvalue weighted by atomic mass is 16.5. The van der Waals surface area contributed by atoms with Crippen LogP contribution < -0.4 is 19.1 Å². The number of aromatic nitrogens is 3. The van der Waals surface area contributed by atoms with Gasteiger partial charge in [0.15, 0.2) is 23.0 Å². The summed E-state index contributed by atoms with van der Waals surface area (Å²) in [6.45, 7) is 1.70. The van der Waals surface area contributed by atoms with Crippen molar-refractivity contribution in [3.05, 3.63) is 53.7 Å². The molecule has 0 aliphatic carbocycles. The maximum Gasteiger partial charge on any atom is 0.217 e. The normalized spacial score (nSPS) is 13.7. The summed E-state index contributed by atoms with van der Waals surface area (Å²) in [4.78, 5) is 17.3. The molecule has 0 amide bonds. The third-order valence-electron chi connectivity index (χ3n) is 5.38. The van der Waals surface area contributed by atoms with Gasteiger partial charge < -0.3 is 19.1 Å². The number of para-hydroxylation sites is 1. The Hall–Kier alpha value is -3.55. The van der Waals surface area contributed by atoms with Gasteiger partial charge in [-0.2, -0.15) is 0 Å². The molecule has 3 aromatic rings. The van der Waals surface area contributed by atoms with Gasteiger partial charge in [0.05, 0.1) is 27.0 Å². The van der Waals surface area contributed by atoms with Gasteiger partial charge in [-0.05, 0) is 43.5 Å². The van der Waals surface area contributed by atoms with Crippen molar-refractivity contribution >= 4 is 11.6 Å². The SMILES string of the molecule is COc1cc(C(=O)c2nn(-c3ccccc3)nc2N2CCCCC2)cc(OC)c1OC. The van der Waals surface area contributed by atoms with Crippen LogP contribution in [0.4, 0.5) is 5.82 Å². The summed E-state index contributed by atoms with van der Waals surface area (Å²) in [7, 11) is 4.58. The molecule has 2 aromatic carbocycles. The van der Waals surface area contributed by atoms with E-state index >= 15 is 0 Å². The van der Waals surface area contributed by atoms with Crippen LogP contribution in [0.5, 0.6) is 17.2 Å². The van der Waals surface area contributed by atoms with E-state index < -0.39 is 0 Å². The molecule has 1 aliphatic rings. The summed E-state index contributed by atoms with van der Waals surface area (Å²) in [5, 5.41) is 9.28. The predicted octanol–water partition coefficient (Wildman–Crippen LogP) is 3.51. The Morgan fingerprint density at radius 3 is 2.10 bits per heavy atom. The van der Waals surface area contributed by atoms with E-state index in [1.807, 2.05) is 30.3 Å². The number of rotatable bonds is 7. The van der Waals surface area contributed by atoms with Gasteiger partial charge in [-0.25, -0.2) is 0 Å². The van der Waals surface area contributed by atoms with Gasteiger partial charge in [0, 0.05) is 18.7 Å². The van der Waals surface area contributed by atoms with E-state index in [4.69, 9.17) is 19.3 Å². The second-order valence-electron chi connectivity index (χ2n) is 7.29. The van der Waals surface area contributed by atoms with Gasteiger partial charge in [0.1, 0.15) is 0 Å². The molecular weight excluding hydrogens is 396 g/mol. The fourth-order valence-electron chi connectivity index (χ4n) is 3.79. The van der Waals surface area contributed by atoms with E-state index in [9.17, 15) is 4.79 Å². The van der Waals surface area contributed by atoms with Crippen LogP contribution in [0, 0.1) is 0 Å². The Kier molecular flexibility index (Phi) is 6.06. The predicted molar refractivity (Wildman–Crippen MR) is 117 cm³/mol. The third-order valence-corrected chi connectivity index (χ3v) is 5.38. The van der Waals surface area contributed by atoms with Crippen molar-refractivity contribution in [1.29, 1.82) is 0 Å².